The quantitative estimate of drug-likeness (QED) is 0.735. The number of rotatable bonds is 6. The number of nitrogens with zero attached hydrogens (tertiary/aromatic N) is 2. The third-order valence-electron chi connectivity index (χ3n) is 4.82. The van der Waals surface area contributed by atoms with Gasteiger partial charge in [0.1, 0.15) is 12.4 Å². The number of carbonyl (C=O) groups is 1. The highest BCUT2D eigenvalue weighted by Gasteiger charge is 2.33. The average Bonchev–Trinajstić information content (AvgIpc) is 3.00. The van der Waals surface area contributed by atoms with Crippen molar-refractivity contribution < 1.29 is 17.9 Å². The van der Waals surface area contributed by atoms with Gasteiger partial charge in [0.05, 0.1) is 16.5 Å². The third-order valence-corrected chi connectivity index (χ3v) is 6.22. The van der Waals surface area contributed by atoms with E-state index in [2.05, 4.69) is 9.71 Å². The number of aliphatic imine (C=N–C) groups is 1. The number of esters is 1. The van der Waals surface area contributed by atoms with Crippen molar-refractivity contribution in [2.24, 2.45) is 10.9 Å². The van der Waals surface area contributed by atoms with Crippen LogP contribution in [0.25, 0.3) is 0 Å². The second-order valence-electron chi connectivity index (χ2n) is 6.83. The topological polar surface area (TPSA) is 109 Å². The molecular formula is C21H21N3O4S. The first-order chi connectivity index (χ1) is 13.9. The molecular weight excluding hydrogens is 390 g/mol. The third kappa shape index (κ3) is 4.46. The molecule has 1 heterocycles. The van der Waals surface area contributed by atoms with Gasteiger partial charge in [0, 0.05) is 5.56 Å². The number of hydrogen-bond donors (Lipinski definition) is 1. The molecule has 0 aliphatic carbocycles. The van der Waals surface area contributed by atoms with Crippen molar-refractivity contribution in [3.8, 4) is 6.07 Å². The molecule has 0 spiro atoms. The van der Waals surface area contributed by atoms with E-state index in [1.165, 1.54) is 6.07 Å². The number of amidine groups is 1. The average molecular weight is 411 g/mol. The van der Waals surface area contributed by atoms with Gasteiger partial charge in [-0.25, -0.2) is 13.2 Å². The smallest absolute Gasteiger partial charge is 0.331 e. The fourth-order valence-electron chi connectivity index (χ4n) is 2.92. The Morgan fingerprint density at radius 2 is 1.90 bits per heavy atom. The molecule has 0 bridgehead atoms. The molecule has 29 heavy (non-hydrogen) atoms. The van der Waals surface area contributed by atoms with Crippen molar-refractivity contribution in [1.82, 2.24) is 4.72 Å². The van der Waals surface area contributed by atoms with Gasteiger partial charge in [-0.1, -0.05) is 44.5 Å². The van der Waals surface area contributed by atoms with Crippen LogP contribution in [0, 0.1) is 17.2 Å². The second-order valence-corrected chi connectivity index (χ2v) is 8.48. The van der Waals surface area contributed by atoms with Crippen LogP contribution in [-0.4, -0.2) is 26.3 Å². The van der Waals surface area contributed by atoms with Crippen molar-refractivity contribution >= 4 is 21.8 Å². The Kier molecular flexibility index (Phi) is 5.99. The molecule has 2 aromatic carbocycles. The summed E-state index contributed by atoms with van der Waals surface area (Å²) in [5.41, 5.74) is 1.72. The zero-order valence-electron chi connectivity index (χ0n) is 16.1. The van der Waals surface area contributed by atoms with Gasteiger partial charge in [-0.05, 0) is 35.7 Å². The molecule has 0 saturated carbocycles. The molecule has 1 aliphatic heterocycles. The van der Waals surface area contributed by atoms with Gasteiger partial charge in [-0.2, -0.15) is 5.26 Å². The molecule has 8 heteroatoms. The Labute approximate surface area is 170 Å². The minimum absolute atomic E-state index is 0.0463. The molecule has 2 atom stereocenters. The predicted octanol–water partition coefficient (Wildman–Crippen LogP) is 2.75. The maximum atomic E-state index is 12.7. The molecule has 0 saturated heterocycles. The summed E-state index contributed by atoms with van der Waals surface area (Å²) in [6.07, 6.45) is 0.668. The van der Waals surface area contributed by atoms with E-state index in [1.54, 1.807) is 42.5 Å². The molecule has 0 fully saturated rings. The zero-order valence-corrected chi connectivity index (χ0v) is 16.9. The fourth-order valence-corrected chi connectivity index (χ4v) is 4.16. The van der Waals surface area contributed by atoms with E-state index in [1.807, 2.05) is 19.9 Å². The minimum Gasteiger partial charge on any atom is -0.459 e. The normalized spacial score (nSPS) is 17.6. The Hall–Kier alpha value is -3.18. The van der Waals surface area contributed by atoms with Crippen LogP contribution in [0.2, 0.25) is 0 Å². The highest BCUT2D eigenvalue weighted by atomic mass is 32.2. The number of carbonyl (C=O) groups excluding carboxylic acids is 1. The van der Waals surface area contributed by atoms with Crippen molar-refractivity contribution in [2.75, 3.05) is 0 Å². The van der Waals surface area contributed by atoms with Gasteiger partial charge in [-0.15, -0.1) is 0 Å². The van der Waals surface area contributed by atoms with E-state index in [0.717, 1.165) is 5.56 Å². The summed E-state index contributed by atoms with van der Waals surface area (Å²) in [5, 5.41) is 8.85. The lowest BCUT2D eigenvalue weighted by atomic mass is 9.99. The van der Waals surface area contributed by atoms with Crippen LogP contribution in [0.3, 0.4) is 0 Å². The molecule has 7 nitrogen and oxygen atoms in total. The van der Waals surface area contributed by atoms with E-state index in [0.29, 0.717) is 17.5 Å². The highest BCUT2D eigenvalue weighted by Crippen LogP contribution is 2.24. The molecule has 150 valence electrons. The first-order valence-corrected chi connectivity index (χ1v) is 10.7. The first kappa shape index (κ1) is 20.6. The lowest BCUT2D eigenvalue weighted by molar-refractivity contribution is -0.147. The van der Waals surface area contributed by atoms with Gasteiger partial charge in [0.15, 0.2) is 6.04 Å². The number of hydrogen-bond acceptors (Lipinski definition) is 6. The Morgan fingerprint density at radius 1 is 1.21 bits per heavy atom. The number of nitrogens with one attached hydrogen (secondary N) is 1. The predicted molar refractivity (Wildman–Crippen MR) is 107 cm³/mol. The van der Waals surface area contributed by atoms with Crippen LogP contribution in [0.15, 0.2) is 58.4 Å². The summed E-state index contributed by atoms with van der Waals surface area (Å²) < 4.78 is 32.4. The van der Waals surface area contributed by atoms with Crippen molar-refractivity contribution in [3.05, 3.63) is 65.2 Å². The van der Waals surface area contributed by atoms with Crippen molar-refractivity contribution in [1.29, 1.82) is 5.26 Å². The Balaban J connectivity index is 1.82. The van der Waals surface area contributed by atoms with Crippen LogP contribution >= 0.6 is 0 Å². The maximum absolute atomic E-state index is 12.7. The fraction of sp³-hybridized carbons (Fsp3) is 0.286. The first-order valence-electron chi connectivity index (χ1n) is 9.21. The number of ether oxygens (including phenoxy) is 1. The van der Waals surface area contributed by atoms with Gasteiger partial charge in [-0.3, -0.25) is 9.71 Å². The SMILES string of the molecule is CC[C@H](C)[C@H](N=C1NS(=O)(=O)c2ccccc21)C(=O)OCc1ccc(C#N)cc1. The molecule has 0 unspecified atom stereocenters. The standard InChI is InChI=1S/C21H21N3O4S/c1-3-14(2)19(21(25)28-13-16-10-8-15(12-22)9-11-16)23-20-17-6-4-5-7-18(17)29(26,27)24-20/h4-11,14,19H,3,13H2,1-2H3,(H,23,24)/t14-,19-/m0/s1. The summed E-state index contributed by atoms with van der Waals surface area (Å²) in [7, 11) is -3.68. The van der Waals surface area contributed by atoms with Crippen LogP contribution in [0.4, 0.5) is 0 Å². The van der Waals surface area contributed by atoms with Gasteiger partial charge >= 0.3 is 5.97 Å². The van der Waals surface area contributed by atoms with Crippen molar-refractivity contribution in [2.45, 2.75) is 37.8 Å². The Morgan fingerprint density at radius 3 is 2.55 bits per heavy atom. The van der Waals surface area contributed by atoms with Crippen LogP contribution in [-0.2, 0) is 26.2 Å². The monoisotopic (exact) mass is 411 g/mol. The van der Waals surface area contributed by atoms with Gasteiger partial charge in [0.2, 0.25) is 0 Å². The number of fused-ring (bicyclic) bond motifs is 1. The molecule has 3 rings (SSSR count). The van der Waals surface area contributed by atoms with E-state index in [-0.39, 0.29) is 23.3 Å². The summed E-state index contributed by atoms with van der Waals surface area (Å²) in [5.74, 6) is -0.519. The largest absolute Gasteiger partial charge is 0.459 e. The summed E-state index contributed by atoms with van der Waals surface area (Å²) >= 11 is 0. The number of nitriles is 1. The van der Waals surface area contributed by atoms with Crippen LogP contribution in [0.1, 0.15) is 37.0 Å². The van der Waals surface area contributed by atoms with E-state index < -0.39 is 22.0 Å². The molecule has 0 amide bonds. The van der Waals surface area contributed by atoms with E-state index >= 15 is 0 Å². The zero-order chi connectivity index (χ0) is 21.0. The van der Waals surface area contributed by atoms with Crippen molar-refractivity contribution in [3.63, 3.8) is 0 Å². The van der Waals surface area contributed by atoms with Crippen LogP contribution in [0.5, 0.6) is 0 Å². The minimum atomic E-state index is -3.68. The lowest BCUT2D eigenvalue weighted by Gasteiger charge is -2.18. The molecule has 1 N–H and O–H groups in total. The molecule has 2 aromatic rings. The van der Waals surface area contributed by atoms with E-state index in [9.17, 15) is 13.2 Å². The summed E-state index contributed by atoms with van der Waals surface area (Å²) in [6.45, 7) is 3.84. The maximum Gasteiger partial charge on any atom is 0.331 e. The highest BCUT2D eigenvalue weighted by molar-refractivity contribution is 7.90. The lowest BCUT2D eigenvalue weighted by Crippen LogP contribution is -2.32. The number of benzene rings is 2. The molecule has 1 aliphatic rings. The molecule has 0 radical (unpaired) electrons. The van der Waals surface area contributed by atoms with Gasteiger partial charge in [0.25, 0.3) is 10.0 Å². The van der Waals surface area contributed by atoms with Gasteiger partial charge < -0.3 is 4.74 Å². The van der Waals surface area contributed by atoms with Crippen LogP contribution < -0.4 is 4.72 Å². The summed E-state index contributed by atoms with van der Waals surface area (Å²) in [6, 6.07) is 14.4. The second kappa shape index (κ2) is 8.45. The summed E-state index contributed by atoms with van der Waals surface area (Å²) in [4.78, 5) is 17.3. The van der Waals surface area contributed by atoms with E-state index in [4.69, 9.17) is 10.00 Å². The number of sulfonamides is 1. The molecule has 0 aromatic heterocycles. The Bertz CT molecular complexity index is 1090.